The zero-order valence-corrected chi connectivity index (χ0v) is 51.6. The number of phosphoric acid groups is 1. The minimum Gasteiger partial charge on any atom is -0.462 e. The van der Waals surface area contributed by atoms with Gasteiger partial charge in [-0.05, 0) is 135 Å². The maximum absolute atomic E-state index is 12.7. The molecule has 0 aromatic rings. The van der Waals surface area contributed by atoms with Crippen LogP contribution in [0.2, 0.25) is 0 Å². The van der Waals surface area contributed by atoms with Gasteiger partial charge >= 0.3 is 19.8 Å². The van der Waals surface area contributed by atoms with E-state index in [1.54, 1.807) is 0 Å². The number of rotatable bonds is 56. The van der Waals surface area contributed by atoms with Crippen molar-refractivity contribution in [3.63, 3.8) is 0 Å². The largest absolute Gasteiger partial charge is 0.472 e. The van der Waals surface area contributed by atoms with Crippen LogP contribution in [0.25, 0.3) is 0 Å². The summed E-state index contributed by atoms with van der Waals surface area (Å²) in [6.45, 7) is 3.44. The zero-order chi connectivity index (χ0) is 58.7. The maximum atomic E-state index is 12.7. The fraction of sp³-hybridized carbons (Fsp3) is 0.549. The predicted octanol–water partition coefficient (Wildman–Crippen LogP) is 20.4. The number of hydrogen-bond acceptors (Lipinski definition) is 8. The van der Waals surface area contributed by atoms with Crippen molar-refractivity contribution >= 4 is 19.8 Å². The smallest absolute Gasteiger partial charge is 0.462 e. The van der Waals surface area contributed by atoms with Crippen LogP contribution in [0.15, 0.2) is 182 Å². The quantitative estimate of drug-likeness (QED) is 0.0264. The first kappa shape index (κ1) is 76.1. The lowest BCUT2D eigenvalue weighted by molar-refractivity contribution is -0.161. The third kappa shape index (κ3) is 64.1. The van der Waals surface area contributed by atoms with Crippen LogP contribution in [0.5, 0.6) is 0 Å². The van der Waals surface area contributed by atoms with E-state index in [0.717, 1.165) is 135 Å². The van der Waals surface area contributed by atoms with Gasteiger partial charge < -0.3 is 20.1 Å². The molecule has 0 fully saturated rings. The standard InChI is InChI=1S/C71H112NO8P/c1-3-5-7-9-11-13-15-17-19-21-23-25-27-29-31-32-33-34-35-36-38-40-42-44-46-48-50-52-54-56-58-60-62-64-71(74)80-69(68-79-81(75,76)78-66-65-72)67-77-70(73)63-61-59-57-55-53-51-49-47-45-43-41-39-37-30-28-26-24-22-20-18-16-14-12-10-8-6-4-2/h5-8,11-14,17-20,23-26,29-31,33-34,36-38,42,44,48,50,54,56,69H,3-4,9-10,15-16,21-22,27-28,32,35,39-41,43,45-47,49,51-53,55,57-68,72H2,1-2H3,(H,75,76)/b7-5-,8-6-,13-11-,14-12-,19-17-,20-18-,25-23-,26-24-,31-29-,34-33-,37-30-,38-36-,44-42-,50-48-,56-54-. The summed E-state index contributed by atoms with van der Waals surface area (Å²) in [5.41, 5.74) is 5.38. The van der Waals surface area contributed by atoms with Gasteiger partial charge in [-0.15, -0.1) is 0 Å². The molecule has 2 atom stereocenters. The van der Waals surface area contributed by atoms with Gasteiger partial charge in [0.05, 0.1) is 13.2 Å². The molecule has 2 unspecified atom stereocenters. The first-order valence-electron chi connectivity index (χ1n) is 31.3. The third-order valence-corrected chi connectivity index (χ3v) is 13.3. The van der Waals surface area contributed by atoms with Crippen molar-refractivity contribution in [1.29, 1.82) is 0 Å². The van der Waals surface area contributed by atoms with Gasteiger partial charge in [0.1, 0.15) is 6.61 Å². The van der Waals surface area contributed by atoms with Crippen molar-refractivity contribution in [2.45, 2.75) is 225 Å². The van der Waals surface area contributed by atoms with Crippen LogP contribution in [-0.2, 0) is 32.7 Å². The lowest BCUT2D eigenvalue weighted by Gasteiger charge is -2.19. The summed E-state index contributed by atoms with van der Waals surface area (Å²) < 4.78 is 33.0. The zero-order valence-electron chi connectivity index (χ0n) is 50.7. The second-order valence-electron chi connectivity index (χ2n) is 19.8. The molecule has 9 nitrogen and oxygen atoms in total. The fourth-order valence-corrected chi connectivity index (χ4v) is 8.51. The van der Waals surface area contributed by atoms with Crippen LogP contribution < -0.4 is 5.73 Å². The Morgan fingerprint density at radius 2 is 0.642 bits per heavy atom. The number of nitrogens with two attached hydrogens (primary N) is 1. The van der Waals surface area contributed by atoms with Gasteiger partial charge in [-0.1, -0.05) is 254 Å². The van der Waals surface area contributed by atoms with E-state index in [9.17, 15) is 19.0 Å². The minimum atomic E-state index is -4.42. The van der Waals surface area contributed by atoms with Crippen molar-refractivity contribution in [2.75, 3.05) is 26.4 Å². The van der Waals surface area contributed by atoms with Crippen molar-refractivity contribution in [3.05, 3.63) is 182 Å². The first-order valence-corrected chi connectivity index (χ1v) is 32.8. The van der Waals surface area contributed by atoms with Crippen LogP contribution in [0.3, 0.4) is 0 Å². The van der Waals surface area contributed by atoms with Crippen LogP contribution in [0, 0.1) is 0 Å². The molecule has 0 amide bonds. The Balaban J connectivity index is 4.11. The van der Waals surface area contributed by atoms with Crippen molar-refractivity contribution in [2.24, 2.45) is 5.73 Å². The van der Waals surface area contributed by atoms with Gasteiger partial charge in [-0.2, -0.15) is 0 Å². The predicted molar refractivity (Wildman–Crippen MR) is 348 cm³/mol. The van der Waals surface area contributed by atoms with Crippen molar-refractivity contribution < 1.29 is 37.6 Å². The molecule has 10 heteroatoms. The van der Waals surface area contributed by atoms with Crippen LogP contribution in [0.4, 0.5) is 0 Å². The topological polar surface area (TPSA) is 134 Å². The molecule has 0 radical (unpaired) electrons. The van der Waals surface area contributed by atoms with Crippen molar-refractivity contribution in [3.8, 4) is 0 Å². The molecular formula is C71H112NO8P. The number of ether oxygens (including phenoxy) is 2. The molecule has 0 aliphatic rings. The van der Waals surface area contributed by atoms with Gasteiger partial charge in [0.2, 0.25) is 0 Å². The Labute approximate surface area is 494 Å². The lowest BCUT2D eigenvalue weighted by atomic mass is 10.0. The molecule has 0 spiro atoms. The van der Waals surface area contributed by atoms with Crippen molar-refractivity contribution in [1.82, 2.24) is 0 Å². The Kier molecular flexibility index (Phi) is 60.4. The average Bonchev–Trinajstić information content (AvgIpc) is 3.46. The Bertz CT molecular complexity index is 1980. The normalized spacial score (nSPS) is 14.3. The SMILES string of the molecule is CC/C=C\C/C=C\C/C=C\C/C=C\C/C=C\C/C=C\C/C=C\C/C=C\C/C=C\C/C=C\CCCCC(=O)OC(COC(=O)CCCCCCCCCCCCC/C=C\C/C=C\C/C=C\C/C=C\C/C=C\CC)COP(=O)(O)OCCN. The van der Waals surface area contributed by atoms with Crippen LogP contribution >= 0.6 is 7.82 Å². The van der Waals surface area contributed by atoms with E-state index in [2.05, 4.69) is 196 Å². The number of unbranched alkanes of at least 4 members (excludes halogenated alkanes) is 13. The lowest BCUT2D eigenvalue weighted by Crippen LogP contribution is -2.29. The summed E-state index contributed by atoms with van der Waals surface area (Å²) in [6.07, 6.45) is 96.7. The number of allylic oxidation sites excluding steroid dienone is 30. The van der Waals surface area contributed by atoms with E-state index >= 15 is 0 Å². The Morgan fingerprint density at radius 3 is 0.975 bits per heavy atom. The molecule has 0 aliphatic heterocycles. The minimum absolute atomic E-state index is 0.0353. The summed E-state index contributed by atoms with van der Waals surface area (Å²) in [5.74, 6) is -0.897. The molecular weight excluding hydrogens is 1030 g/mol. The average molecular weight is 1140 g/mol. The second kappa shape index (κ2) is 64.3. The molecule has 0 bridgehead atoms. The highest BCUT2D eigenvalue weighted by molar-refractivity contribution is 7.47. The van der Waals surface area contributed by atoms with Gasteiger partial charge in [0.25, 0.3) is 0 Å². The molecule has 454 valence electrons. The summed E-state index contributed by atoms with van der Waals surface area (Å²) in [4.78, 5) is 35.3. The molecule has 0 aromatic heterocycles. The molecule has 0 aliphatic carbocycles. The number of carbonyl (C=O) groups is 2. The van der Waals surface area contributed by atoms with Gasteiger partial charge in [-0.25, -0.2) is 4.57 Å². The van der Waals surface area contributed by atoms with Gasteiger partial charge in [0, 0.05) is 19.4 Å². The summed E-state index contributed by atoms with van der Waals surface area (Å²) >= 11 is 0. The third-order valence-electron chi connectivity index (χ3n) is 12.3. The van der Waals surface area contributed by atoms with Crippen LogP contribution in [0.1, 0.15) is 219 Å². The summed E-state index contributed by atoms with van der Waals surface area (Å²) in [6, 6.07) is 0. The van der Waals surface area contributed by atoms with E-state index in [1.165, 1.54) is 44.9 Å². The van der Waals surface area contributed by atoms with E-state index in [-0.39, 0.29) is 32.6 Å². The number of phosphoric ester groups is 1. The maximum Gasteiger partial charge on any atom is 0.472 e. The molecule has 81 heavy (non-hydrogen) atoms. The fourth-order valence-electron chi connectivity index (χ4n) is 7.75. The molecule has 0 rings (SSSR count). The highest BCUT2D eigenvalue weighted by Gasteiger charge is 2.26. The monoisotopic (exact) mass is 1140 g/mol. The highest BCUT2D eigenvalue weighted by atomic mass is 31.2. The number of hydrogen-bond donors (Lipinski definition) is 2. The second-order valence-corrected chi connectivity index (χ2v) is 21.3. The highest BCUT2D eigenvalue weighted by Crippen LogP contribution is 2.43. The van der Waals surface area contributed by atoms with E-state index in [4.69, 9.17) is 24.3 Å². The Hall–Kier alpha value is -4.89. The number of esters is 2. The molecule has 0 saturated heterocycles. The molecule has 3 N–H and O–H groups in total. The van der Waals surface area contributed by atoms with E-state index in [1.807, 2.05) is 0 Å². The Morgan fingerprint density at radius 1 is 0.370 bits per heavy atom. The first-order chi connectivity index (χ1) is 39.8. The van der Waals surface area contributed by atoms with E-state index < -0.39 is 32.5 Å². The molecule has 0 heterocycles. The van der Waals surface area contributed by atoms with E-state index in [0.29, 0.717) is 12.8 Å². The van der Waals surface area contributed by atoms with Crippen LogP contribution in [-0.4, -0.2) is 49.3 Å². The van der Waals surface area contributed by atoms with Gasteiger partial charge in [0.15, 0.2) is 6.10 Å². The summed E-state index contributed by atoms with van der Waals surface area (Å²) in [5, 5.41) is 0. The van der Waals surface area contributed by atoms with Gasteiger partial charge in [-0.3, -0.25) is 18.6 Å². The number of carbonyl (C=O) groups excluding carboxylic acids is 2. The summed E-state index contributed by atoms with van der Waals surface area (Å²) in [7, 11) is -4.42. The molecule has 0 saturated carbocycles. The molecule has 0 aromatic carbocycles.